The first kappa shape index (κ1) is 15.1. The Morgan fingerprint density at radius 3 is 2.55 bits per heavy atom. The molecule has 1 unspecified atom stereocenters. The van der Waals surface area contributed by atoms with Gasteiger partial charge in [-0.2, -0.15) is 0 Å². The maximum absolute atomic E-state index is 12.2. The van der Waals surface area contributed by atoms with Crippen molar-refractivity contribution < 1.29 is 14.7 Å². The van der Waals surface area contributed by atoms with Crippen molar-refractivity contribution in [3.63, 3.8) is 0 Å². The van der Waals surface area contributed by atoms with Gasteiger partial charge in [-0.15, -0.1) is 0 Å². The molecule has 1 aliphatic carbocycles. The van der Waals surface area contributed by atoms with Crippen LogP contribution in [0.5, 0.6) is 0 Å². The Labute approximate surface area is 126 Å². The highest BCUT2D eigenvalue weighted by molar-refractivity contribution is 9.10. The number of carbonyl (C=O) groups excluding carboxylic acids is 1. The highest BCUT2D eigenvalue weighted by atomic mass is 79.9. The first-order valence-electron chi connectivity index (χ1n) is 6.84. The minimum Gasteiger partial charge on any atom is -0.480 e. The van der Waals surface area contributed by atoms with Crippen LogP contribution in [0.3, 0.4) is 0 Å². The normalized spacial score (nSPS) is 17.7. The Balaban J connectivity index is 2.09. The average molecular weight is 343 g/mol. The second-order valence-corrected chi connectivity index (χ2v) is 6.26. The van der Waals surface area contributed by atoms with Gasteiger partial charge in [0.15, 0.2) is 0 Å². The first-order chi connectivity index (χ1) is 9.49. The molecule has 1 amide bonds. The van der Waals surface area contributed by atoms with E-state index in [0.717, 1.165) is 36.6 Å². The summed E-state index contributed by atoms with van der Waals surface area (Å²) < 4.78 is 2.48. The van der Waals surface area contributed by atoms with Crippen molar-refractivity contribution in [2.75, 3.05) is 0 Å². The number of carbonyl (C=O) groups is 2. The zero-order valence-electron chi connectivity index (χ0n) is 11.4. The fourth-order valence-electron chi connectivity index (χ4n) is 2.81. The summed E-state index contributed by atoms with van der Waals surface area (Å²) in [5.41, 5.74) is 0.457. The molecule has 1 atom stereocenters. The van der Waals surface area contributed by atoms with E-state index in [-0.39, 0.29) is 11.8 Å². The molecular formula is C14H19BrN2O3. The third kappa shape index (κ3) is 3.42. The SMILES string of the molecule is Cn1cc(Br)cc1C(=O)NC(C(=O)O)C1CCCCC1. The predicted molar refractivity (Wildman–Crippen MR) is 78.6 cm³/mol. The smallest absolute Gasteiger partial charge is 0.326 e. The number of amides is 1. The molecule has 110 valence electrons. The topological polar surface area (TPSA) is 71.3 Å². The number of aliphatic carboxylic acids is 1. The lowest BCUT2D eigenvalue weighted by Crippen LogP contribution is -2.46. The average Bonchev–Trinajstić information content (AvgIpc) is 2.75. The summed E-state index contributed by atoms with van der Waals surface area (Å²) in [6, 6.07) is 0.895. The van der Waals surface area contributed by atoms with E-state index in [1.54, 1.807) is 23.9 Å². The highest BCUT2D eigenvalue weighted by Gasteiger charge is 2.31. The van der Waals surface area contributed by atoms with Crippen molar-refractivity contribution in [1.82, 2.24) is 9.88 Å². The molecule has 1 aliphatic rings. The lowest BCUT2D eigenvalue weighted by Gasteiger charge is -2.28. The van der Waals surface area contributed by atoms with Crippen LogP contribution in [0.25, 0.3) is 0 Å². The molecule has 1 aromatic rings. The van der Waals surface area contributed by atoms with Gasteiger partial charge in [0.1, 0.15) is 11.7 Å². The predicted octanol–water partition coefficient (Wildman–Crippen LogP) is 2.55. The van der Waals surface area contributed by atoms with Gasteiger partial charge in [0, 0.05) is 17.7 Å². The second-order valence-electron chi connectivity index (χ2n) is 5.34. The Morgan fingerprint density at radius 1 is 1.40 bits per heavy atom. The van der Waals surface area contributed by atoms with Crippen molar-refractivity contribution in [3.8, 4) is 0 Å². The number of halogens is 1. The summed E-state index contributed by atoms with van der Waals surface area (Å²) in [5, 5.41) is 12.0. The molecule has 0 radical (unpaired) electrons. The van der Waals surface area contributed by atoms with Gasteiger partial charge in [0.2, 0.25) is 0 Å². The van der Waals surface area contributed by atoms with E-state index in [0.29, 0.717) is 5.69 Å². The van der Waals surface area contributed by atoms with Gasteiger partial charge in [0.25, 0.3) is 5.91 Å². The number of carboxylic acid groups (broad SMARTS) is 1. The molecule has 6 heteroatoms. The zero-order valence-corrected chi connectivity index (χ0v) is 13.0. The van der Waals surface area contributed by atoms with Crippen LogP contribution in [0.1, 0.15) is 42.6 Å². The molecule has 0 aromatic carbocycles. The number of nitrogens with one attached hydrogen (secondary N) is 1. The molecule has 2 N–H and O–H groups in total. The second kappa shape index (κ2) is 6.43. The number of hydrogen-bond acceptors (Lipinski definition) is 2. The minimum absolute atomic E-state index is 0.0360. The lowest BCUT2D eigenvalue weighted by atomic mass is 9.84. The van der Waals surface area contributed by atoms with Crippen LogP contribution in [0, 0.1) is 5.92 Å². The molecule has 1 saturated carbocycles. The van der Waals surface area contributed by atoms with Crippen LogP contribution in [-0.4, -0.2) is 27.6 Å². The summed E-state index contributed by atoms with van der Waals surface area (Å²) >= 11 is 3.31. The summed E-state index contributed by atoms with van der Waals surface area (Å²) in [5.74, 6) is -1.25. The largest absolute Gasteiger partial charge is 0.480 e. The molecule has 0 saturated heterocycles. The summed E-state index contributed by atoms with van der Waals surface area (Å²) in [4.78, 5) is 23.6. The number of aromatic nitrogens is 1. The molecule has 1 fully saturated rings. The van der Waals surface area contributed by atoms with Gasteiger partial charge >= 0.3 is 5.97 Å². The van der Waals surface area contributed by atoms with E-state index in [1.165, 1.54) is 0 Å². The van der Waals surface area contributed by atoms with Gasteiger partial charge in [-0.1, -0.05) is 19.3 Å². The standard InChI is InChI=1S/C14H19BrN2O3/c1-17-8-10(15)7-11(17)13(18)16-12(14(19)20)9-5-3-2-4-6-9/h7-9,12H,2-6H2,1H3,(H,16,18)(H,19,20). The van der Waals surface area contributed by atoms with Crippen LogP contribution in [0.2, 0.25) is 0 Å². The molecule has 5 nitrogen and oxygen atoms in total. The quantitative estimate of drug-likeness (QED) is 0.883. The Hall–Kier alpha value is -1.30. The van der Waals surface area contributed by atoms with Crippen molar-refractivity contribution in [3.05, 3.63) is 22.4 Å². The third-order valence-corrected chi connectivity index (χ3v) is 4.31. The molecule has 1 aromatic heterocycles. The van der Waals surface area contributed by atoms with E-state index < -0.39 is 12.0 Å². The fourth-order valence-corrected chi connectivity index (χ4v) is 3.34. The van der Waals surface area contributed by atoms with Gasteiger partial charge in [-0.3, -0.25) is 4.79 Å². The minimum atomic E-state index is -0.946. The monoisotopic (exact) mass is 342 g/mol. The van der Waals surface area contributed by atoms with Crippen molar-refractivity contribution in [2.24, 2.45) is 13.0 Å². The fraction of sp³-hybridized carbons (Fsp3) is 0.571. The summed E-state index contributed by atoms with van der Waals surface area (Å²) in [6.07, 6.45) is 6.75. The maximum atomic E-state index is 12.2. The van der Waals surface area contributed by atoms with Crippen LogP contribution in [0.4, 0.5) is 0 Å². The van der Waals surface area contributed by atoms with Gasteiger partial charge in [-0.05, 0) is 40.8 Å². The molecule has 0 bridgehead atoms. The van der Waals surface area contributed by atoms with Gasteiger partial charge in [-0.25, -0.2) is 4.79 Å². The number of nitrogens with zero attached hydrogens (tertiary/aromatic N) is 1. The molecule has 0 aliphatic heterocycles. The molecule has 0 spiro atoms. The van der Waals surface area contributed by atoms with E-state index in [2.05, 4.69) is 21.2 Å². The number of hydrogen-bond donors (Lipinski definition) is 2. The Bertz CT molecular complexity index is 507. The van der Waals surface area contributed by atoms with Crippen molar-refractivity contribution >= 4 is 27.8 Å². The van der Waals surface area contributed by atoms with Gasteiger partial charge in [0.05, 0.1) is 0 Å². The molecule has 1 heterocycles. The number of aryl methyl sites for hydroxylation is 1. The summed E-state index contributed by atoms with van der Waals surface area (Å²) in [6.45, 7) is 0. The highest BCUT2D eigenvalue weighted by Crippen LogP contribution is 2.27. The van der Waals surface area contributed by atoms with Crippen molar-refractivity contribution in [2.45, 2.75) is 38.1 Å². The third-order valence-electron chi connectivity index (χ3n) is 3.88. The van der Waals surface area contributed by atoms with Crippen LogP contribution >= 0.6 is 15.9 Å². The number of rotatable bonds is 4. The lowest BCUT2D eigenvalue weighted by molar-refractivity contribution is -0.141. The Kier molecular flexibility index (Phi) is 4.86. The first-order valence-corrected chi connectivity index (χ1v) is 7.64. The molecular weight excluding hydrogens is 324 g/mol. The van der Waals surface area contributed by atoms with Crippen LogP contribution in [-0.2, 0) is 11.8 Å². The van der Waals surface area contributed by atoms with E-state index in [4.69, 9.17) is 0 Å². The van der Waals surface area contributed by atoms with Gasteiger partial charge < -0.3 is 15.0 Å². The van der Waals surface area contributed by atoms with Crippen molar-refractivity contribution in [1.29, 1.82) is 0 Å². The molecule has 20 heavy (non-hydrogen) atoms. The zero-order chi connectivity index (χ0) is 14.7. The molecule has 2 rings (SSSR count). The summed E-state index contributed by atoms with van der Waals surface area (Å²) in [7, 11) is 1.76. The Morgan fingerprint density at radius 2 is 2.05 bits per heavy atom. The van der Waals surface area contributed by atoms with E-state index >= 15 is 0 Å². The van der Waals surface area contributed by atoms with Crippen LogP contribution in [0.15, 0.2) is 16.7 Å². The van der Waals surface area contributed by atoms with E-state index in [9.17, 15) is 14.7 Å². The van der Waals surface area contributed by atoms with Crippen LogP contribution < -0.4 is 5.32 Å². The number of carboxylic acids is 1. The maximum Gasteiger partial charge on any atom is 0.326 e. The van der Waals surface area contributed by atoms with E-state index in [1.807, 2.05) is 0 Å².